The highest BCUT2D eigenvalue weighted by Crippen LogP contribution is 2.53. The number of likely N-dealkylation sites (tertiary alicyclic amines) is 1. The number of benzene rings is 2. The van der Waals surface area contributed by atoms with Crippen molar-refractivity contribution >= 4 is 46.1 Å². The summed E-state index contributed by atoms with van der Waals surface area (Å²) in [6, 6.07) is 14.4. The molecule has 15 heteroatoms. The maximum atomic E-state index is 14.1. The third-order valence-electron chi connectivity index (χ3n) is 13.5. The molecule has 4 heterocycles. The molecule has 3 amide bonds. The first kappa shape index (κ1) is 44.5. The molecule has 0 bridgehead atoms. The molecule has 2 aliphatic heterocycles. The van der Waals surface area contributed by atoms with Crippen molar-refractivity contribution in [3.8, 4) is 11.8 Å². The number of ether oxygens (including phenoxy) is 2. The number of nitriles is 1. The zero-order chi connectivity index (χ0) is 45.6. The number of alkyl carbamates (subject to hydrolysis) is 1. The fourth-order valence-electron chi connectivity index (χ4n) is 9.88. The summed E-state index contributed by atoms with van der Waals surface area (Å²) in [6.45, 7) is 16.8. The van der Waals surface area contributed by atoms with Gasteiger partial charge in [0.2, 0.25) is 11.8 Å². The van der Waals surface area contributed by atoms with Gasteiger partial charge in [0.1, 0.15) is 11.6 Å². The lowest BCUT2D eigenvalue weighted by molar-refractivity contribution is -0.131. The predicted octanol–water partition coefficient (Wildman–Crippen LogP) is 5.82. The first-order valence-corrected chi connectivity index (χ1v) is 22.7. The third-order valence-corrected chi connectivity index (χ3v) is 13.5. The number of nitrogens with two attached hydrogens (primary N) is 1. The van der Waals surface area contributed by atoms with Crippen molar-refractivity contribution in [2.45, 2.75) is 103 Å². The maximum Gasteiger partial charge on any atom is 0.408 e. The van der Waals surface area contributed by atoms with Gasteiger partial charge in [-0.2, -0.15) is 5.26 Å². The van der Waals surface area contributed by atoms with Crippen LogP contribution in [-0.2, 0) is 26.2 Å². The number of hydrogen-bond donors (Lipinski definition) is 4. The Morgan fingerprint density at radius 1 is 1.09 bits per heavy atom. The first-order valence-electron chi connectivity index (χ1n) is 22.7. The van der Waals surface area contributed by atoms with Gasteiger partial charge in [-0.15, -0.1) is 0 Å². The number of nitrogen functional groups attached to an aromatic ring is 1. The van der Waals surface area contributed by atoms with Crippen molar-refractivity contribution in [2.24, 2.45) is 5.41 Å². The number of pyridine rings is 1. The van der Waals surface area contributed by atoms with Crippen LogP contribution in [0.1, 0.15) is 112 Å². The standard InChI is InChI=1S/C49H61N9O6/c1-7-31-25-33-34(48(5,6)43-41(42(33)60)32-13-12-30(27-50)24-36(32)53-43)26-37(31)57-19-21-58(22-20-57)40(59)11-9-18-56-28-39(49(29-56)15-16-49)55-45(61)35(54-46(62)64-47(2,3)4)14-23-63-38-10-8-17-52-44(38)51/h8,10,12-13,17,24-26,35,39,53H,7,9,11,14-16,18-23,28-29H2,1-6H3,(H2,51,52)(H,54,62)(H,55,61)/t35-,39-/m0/s1. The quantitative estimate of drug-likeness (QED) is 0.126. The highest BCUT2D eigenvalue weighted by molar-refractivity contribution is 6.20. The molecular formula is C49H61N9O6. The number of rotatable bonds is 13. The fourth-order valence-corrected chi connectivity index (χ4v) is 9.88. The van der Waals surface area contributed by atoms with Crippen molar-refractivity contribution in [1.82, 2.24) is 30.4 Å². The molecular weight excluding hydrogens is 811 g/mol. The van der Waals surface area contributed by atoms with Crippen LogP contribution < -0.4 is 26.0 Å². The van der Waals surface area contributed by atoms with Crippen LogP contribution in [0.25, 0.3) is 10.9 Å². The minimum atomic E-state index is -0.887. The number of amides is 3. The van der Waals surface area contributed by atoms with E-state index in [4.69, 9.17) is 15.2 Å². The Bertz CT molecular complexity index is 2510. The lowest BCUT2D eigenvalue weighted by atomic mass is 9.70. The Balaban J connectivity index is 0.844. The van der Waals surface area contributed by atoms with Crippen LogP contribution >= 0.6 is 0 Å². The second kappa shape index (κ2) is 17.4. The highest BCUT2D eigenvalue weighted by atomic mass is 16.6. The molecule has 1 spiro atoms. The molecule has 4 aromatic rings. The summed E-state index contributed by atoms with van der Waals surface area (Å²) in [5, 5.41) is 16.3. The second-order valence-corrected chi connectivity index (χ2v) is 19.4. The maximum absolute atomic E-state index is 14.1. The summed E-state index contributed by atoms with van der Waals surface area (Å²) in [5.74, 6) is 0.516. The van der Waals surface area contributed by atoms with Gasteiger partial charge in [-0.3, -0.25) is 14.4 Å². The Morgan fingerprint density at radius 3 is 2.55 bits per heavy atom. The molecule has 2 aliphatic carbocycles. The monoisotopic (exact) mass is 871 g/mol. The van der Waals surface area contributed by atoms with Gasteiger partial charge < -0.3 is 45.5 Å². The summed E-state index contributed by atoms with van der Waals surface area (Å²) in [4.78, 5) is 68.5. The topological polar surface area (TPSA) is 199 Å². The van der Waals surface area contributed by atoms with Crippen LogP contribution in [-0.4, -0.2) is 114 Å². The molecule has 2 aromatic heterocycles. The van der Waals surface area contributed by atoms with E-state index in [9.17, 15) is 24.4 Å². The van der Waals surface area contributed by atoms with Crippen molar-refractivity contribution in [1.29, 1.82) is 5.26 Å². The largest absolute Gasteiger partial charge is 0.490 e. The van der Waals surface area contributed by atoms with Gasteiger partial charge in [0, 0.05) is 103 Å². The number of piperazine rings is 1. The summed E-state index contributed by atoms with van der Waals surface area (Å²) in [6.07, 6.45) is 5.05. The molecule has 8 rings (SSSR count). The van der Waals surface area contributed by atoms with Crippen LogP contribution in [0.15, 0.2) is 48.7 Å². The molecule has 338 valence electrons. The number of aromatic amines is 1. The number of carbonyl (C=O) groups excluding carboxylic acids is 4. The average molecular weight is 872 g/mol. The normalized spacial score (nSPS) is 19.1. The molecule has 0 unspecified atom stereocenters. The zero-order valence-electron chi connectivity index (χ0n) is 37.9. The number of aryl methyl sites for hydroxylation is 1. The summed E-state index contributed by atoms with van der Waals surface area (Å²) in [5.41, 5.74) is 11.5. The number of ketones is 1. The fraction of sp³-hybridized carbons (Fsp3) is 0.510. The molecule has 4 aliphatic rings. The number of fused-ring (bicyclic) bond motifs is 4. The van der Waals surface area contributed by atoms with E-state index in [-0.39, 0.29) is 47.9 Å². The summed E-state index contributed by atoms with van der Waals surface area (Å²) in [7, 11) is 0. The third kappa shape index (κ3) is 8.98. The SMILES string of the molecule is CCc1cc2c(cc1N1CCN(C(=O)CCCN3C[C@H](NC(=O)[C@H](CCOc4cccnc4N)NC(=O)OC(C)(C)C)C4(CC4)C3)CC1)C(C)(C)c1[nH]c3cc(C#N)ccc3c1C2=O. The Kier molecular flexibility index (Phi) is 12.1. The van der Waals surface area contributed by atoms with E-state index in [2.05, 4.69) is 69.4 Å². The minimum Gasteiger partial charge on any atom is -0.490 e. The van der Waals surface area contributed by atoms with E-state index in [0.717, 1.165) is 77.7 Å². The lowest BCUT2D eigenvalue weighted by Gasteiger charge is -2.39. The van der Waals surface area contributed by atoms with E-state index in [0.29, 0.717) is 56.0 Å². The number of carbonyl (C=O) groups is 4. The van der Waals surface area contributed by atoms with Gasteiger partial charge in [0.25, 0.3) is 0 Å². The first-order chi connectivity index (χ1) is 30.5. The molecule has 2 atom stereocenters. The van der Waals surface area contributed by atoms with E-state index in [1.165, 1.54) is 0 Å². The second-order valence-electron chi connectivity index (χ2n) is 19.4. The molecule has 0 radical (unpaired) electrons. The van der Waals surface area contributed by atoms with Gasteiger partial charge in [-0.1, -0.05) is 26.8 Å². The number of anilines is 2. The van der Waals surface area contributed by atoms with Crippen LogP contribution in [0.2, 0.25) is 0 Å². The highest BCUT2D eigenvalue weighted by Gasteiger charge is 2.55. The lowest BCUT2D eigenvalue weighted by Crippen LogP contribution is -2.53. The van der Waals surface area contributed by atoms with Crippen molar-refractivity contribution < 1.29 is 28.7 Å². The zero-order valence-corrected chi connectivity index (χ0v) is 37.9. The van der Waals surface area contributed by atoms with E-state index in [1.807, 2.05) is 17.0 Å². The van der Waals surface area contributed by atoms with Crippen molar-refractivity contribution in [3.05, 3.63) is 82.2 Å². The predicted molar refractivity (Wildman–Crippen MR) is 244 cm³/mol. The van der Waals surface area contributed by atoms with Crippen molar-refractivity contribution in [2.75, 3.05) is 63.1 Å². The molecule has 15 nitrogen and oxygen atoms in total. The Hall–Kier alpha value is -6.14. The number of nitrogens with one attached hydrogen (secondary N) is 3. The van der Waals surface area contributed by atoms with E-state index < -0.39 is 23.2 Å². The van der Waals surface area contributed by atoms with E-state index >= 15 is 0 Å². The smallest absolute Gasteiger partial charge is 0.408 e. The van der Waals surface area contributed by atoms with Gasteiger partial charge in [0.05, 0.1) is 23.8 Å². The molecule has 2 aromatic carbocycles. The number of H-pyrrole nitrogens is 1. The van der Waals surface area contributed by atoms with Crippen molar-refractivity contribution in [3.63, 3.8) is 0 Å². The summed E-state index contributed by atoms with van der Waals surface area (Å²) >= 11 is 0. The van der Waals surface area contributed by atoms with Crippen LogP contribution in [0, 0.1) is 16.7 Å². The molecule has 64 heavy (non-hydrogen) atoms. The molecule has 2 saturated heterocycles. The number of hydrogen-bond acceptors (Lipinski definition) is 11. The molecule has 5 N–H and O–H groups in total. The van der Waals surface area contributed by atoms with Crippen LogP contribution in [0.4, 0.5) is 16.3 Å². The minimum absolute atomic E-state index is 0.00485. The van der Waals surface area contributed by atoms with Gasteiger partial charge >= 0.3 is 6.09 Å². The van der Waals surface area contributed by atoms with Gasteiger partial charge in [-0.25, -0.2) is 9.78 Å². The Morgan fingerprint density at radius 2 is 1.86 bits per heavy atom. The Labute approximate surface area is 375 Å². The van der Waals surface area contributed by atoms with Crippen LogP contribution in [0.3, 0.4) is 0 Å². The average Bonchev–Trinajstić information content (AvgIpc) is 3.81. The van der Waals surface area contributed by atoms with Crippen LogP contribution in [0.5, 0.6) is 5.75 Å². The molecule has 3 fully saturated rings. The van der Waals surface area contributed by atoms with Gasteiger partial charge in [0.15, 0.2) is 17.4 Å². The number of aromatic nitrogens is 2. The van der Waals surface area contributed by atoms with Gasteiger partial charge in [-0.05, 0) is 101 Å². The number of nitrogens with zero attached hydrogens (tertiary/aromatic N) is 5. The summed E-state index contributed by atoms with van der Waals surface area (Å²) < 4.78 is 11.3. The molecule has 1 saturated carbocycles. The van der Waals surface area contributed by atoms with E-state index in [1.54, 1.807) is 45.2 Å².